The van der Waals surface area contributed by atoms with Gasteiger partial charge in [-0.25, -0.2) is 9.78 Å². The zero-order chi connectivity index (χ0) is 17.9. The van der Waals surface area contributed by atoms with E-state index in [9.17, 15) is 9.90 Å². The third kappa shape index (κ3) is 2.95. The minimum atomic E-state index is -0.624. The molecule has 3 aromatic rings. The van der Waals surface area contributed by atoms with E-state index in [1.807, 2.05) is 24.3 Å². The number of aliphatic hydroxyl groups excluding tert-OH is 1. The highest BCUT2D eigenvalue weighted by Gasteiger charge is 2.29. The molecule has 132 valence electrons. The van der Waals surface area contributed by atoms with Crippen LogP contribution in [0.25, 0.3) is 11.1 Å². The molecule has 4 rings (SSSR count). The predicted octanol–water partition coefficient (Wildman–Crippen LogP) is 2.98. The van der Waals surface area contributed by atoms with Crippen molar-refractivity contribution < 1.29 is 14.6 Å². The number of H-pyrrole nitrogens is 1. The lowest BCUT2D eigenvalue weighted by molar-refractivity contribution is 0.131. The Morgan fingerprint density at radius 1 is 1.15 bits per heavy atom. The van der Waals surface area contributed by atoms with Crippen molar-refractivity contribution in [2.75, 3.05) is 13.2 Å². The van der Waals surface area contributed by atoms with Crippen molar-refractivity contribution in [1.29, 1.82) is 0 Å². The fraction of sp³-hybridized carbons (Fsp3) is 0.200. The molecule has 0 saturated carbocycles. The smallest absolute Gasteiger partial charge is 0.407 e. The van der Waals surface area contributed by atoms with Crippen LogP contribution in [0.5, 0.6) is 0 Å². The Balaban J connectivity index is 1.47. The molecule has 3 N–H and O–H groups in total. The number of amides is 1. The summed E-state index contributed by atoms with van der Waals surface area (Å²) in [5, 5.41) is 12.1. The molecular formula is C20H19N3O3. The zero-order valence-corrected chi connectivity index (χ0v) is 14.1. The van der Waals surface area contributed by atoms with Crippen molar-refractivity contribution in [3.8, 4) is 11.1 Å². The molecule has 0 bridgehead atoms. The number of benzene rings is 2. The number of imidazole rings is 1. The van der Waals surface area contributed by atoms with Gasteiger partial charge >= 0.3 is 6.09 Å². The minimum absolute atomic E-state index is 0.00402. The van der Waals surface area contributed by atoms with Gasteiger partial charge in [0.25, 0.3) is 0 Å². The summed E-state index contributed by atoms with van der Waals surface area (Å²) < 4.78 is 5.47. The number of ether oxygens (including phenoxy) is 1. The van der Waals surface area contributed by atoms with Crippen molar-refractivity contribution in [3.63, 3.8) is 0 Å². The van der Waals surface area contributed by atoms with Crippen LogP contribution in [-0.2, 0) is 4.74 Å². The Kier molecular flexibility index (Phi) is 4.41. The first-order valence-electron chi connectivity index (χ1n) is 8.49. The number of nitrogens with zero attached hydrogens (tertiary/aromatic N) is 1. The van der Waals surface area contributed by atoms with Gasteiger partial charge in [-0.05, 0) is 22.3 Å². The maximum Gasteiger partial charge on any atom is 0.407 e. The molecular weight excluding hydrogens is 330 g/mol. The molecule has 1 unspecified atom stereocenters. The van der Waals surface area contributed by atoms with Crippen LogP contribution in [0.15, 0.2) is 60.9 Å². The number of hydrogen-bond acceptors (Lipinski definition) is 4. The average Bonchev–Trinajstić information content (AvgIpc) is 3.31. The molecule has 1 atom stereocenters. The van der Waals surface area contributed by atoms with E-state index in [4.69, 9.17) is 4.74 Å². The average molecular weight is 349 g/mol. The molecule has 1 heterocycles. The van der Waals surface area contributed by atoms with Crippen molar-refractivity contribution in [1.82, 2.24) is 15.3 Å². The molecule has 26 heavy (non-hydrogen) atoms. The van der Waals surface area contributed by atoms with Gasteiger partial charge in [-0.2, -0.15) is 0 Å². The number of carbonyl (C=O) groups excluding carboxylic acids is 1. The van der Waals surface area contributed by atoms with Gasteiger partial charge in [-0.15, -0.1) is 0 Å². The summed E-state index contributed by atoms with van der Waals surface area (Å²) in [6.07, 6.45) is 2.62. The zero-order valence-electron chi connectivity index (χ0n) is 14.1. The highest BCUT2D eigenvalue weighted by atomic mass is 16.5. The molecule has 6 nitrogen and oxygen atoms in total. The molecule has 0 spiro atoms. The quantitative estimate of drug-likeness (QED) is 0.661. The van der Waals surface area contributed by atoms with Gasteiger partial charge in [0.05, 0.1) is 6.61 Å². The molecule has 1 amide bonds. The SMILES string of the molecule is O=C(NC(CO)c1ncc[nH]1)OCC1c2ccccc2-c2ccccc21. The first-order chi connectivity index (χ1) is 12.8. The van der Waals surface area contributed by atoms with Crippen molar-refractivity contribution in [2.24, 2.45) is 0 Å². The number of rotatable bonds is 5. The van der Waals surface area contributed by atoms with Crippen LogP contribution >= 0.6 is 0 Å². The second-order valence-electron chi connectivity index (χ2n) is 6.18. The number of carbonyl (C=O) groups is 1. The summed E-state index contributed by atoms with van der Waals surface area (Å²) in [6.45, 7) is -0.0339. The van der Waals surface area contributed by atoms with E-state index < -0.39 is 12.1 Å². The van der Waals surface area contributed by atoms with Crippen LogP contribution < -0.4 is 5.32 Å². The summed E-state index contributed by atoms with van der Waals surface area (Å²) in [5.41, 5.74) is 4.68. The van der Waals surface area contributed by atoms with Crippen LogP contribution in [-0.4, -0.2) is 34.4 Å². The Hall–Kier alpha value is -3.12. The van der Waals surface area contributed by atoms with Crippen molar-refractivity contribution >= 4 is 6.09 Å². The highest BCUT2D eigenvalue weighted by molar-refractivity contribution is 5.79. The number of nitrogens with one attached hydrogen (secondary N) is 2. The Morgan fingerprint density at radius 3 is 2.38 bits per heavy atom. The summed E-state index contributed by atoms with van der Waals surface area (Å²) in [5.74, 6) is 0.491. The molecule has 0 fully saturated rings. The second-order valence-corrected chi connectivity index (χ2v) is 6.18. The number of aliphatic hydroxyl groups is 1. The molecule has 1 aliphatic rings. The first-order valence-corrected chi connectivity index (χ1v) is 8.49. The van der Waals surface area contributed by atoms with E-state index in [1.54, 1.807) is 12.4 Å². The molecule has 6 heteroatoms. The summed E-state index contributed by atoms with van der Waals surface area (Å²) in [6, 6.07) is 15.7. The van der Waals surface area contributed by atoms with Gasteiger partial charge < -0.3 is 20.1 Å². The minimum Gasteiger partial charge on any atom is -0.449 e. The monoisotopic (exact) mass is 349 g/mol. The van der Waals surface area contributed by atoms with E-state index >= 15 is 0 Å². The third-order valence-corrected chi connectivity index (χ3v) is 4.67. The van der Waals surface area contributed by atoms with Crippen molar-refractivity contribution in [2.45, 2.75) is 12.0 Å². The summed E-state index contributed by atoms with van der Waals surface area (Å²) >= 11 is 0. The lowest BCUT2D eigenvalue weighted by atomic mass is 9.98. The molecule has 0 aliphatic heterocycles. The van der Waals surface area contributed by atoms with Crippen molar-refractivity contribution in [3.05, 3.63) is 77.9 Å². The number of aromatic amines is 1. The molecule has 2 aromatic carbocycles. The molecule has 0 radical (unpaired) electrons. The first kappa shape index (κ1) is 16.4. The van der Waals surface area contributed by atoms with Crippen LogP contribution in [0.1, 0.15) is 28.9 Å². The fourth-order valence-electron chi connectivity index (χ4n) is 3.45. The third-order valence-electron chi connectivity index (χ3n) is 4.67. The van der Waals surface area contributed by atoms with E-state index in [1.165, 1.54) is 11.1 Å². The number of fused-ring (bicyclic) bond motifs is 3. The maximum absolute atomic E-state index is 12.2. The molecule has 1 aromatic heterocycles. The molecule has 1 aliphatic carbocycles. The van der Waals surface area contributed by atoms with Crippen LogP contribution in [0.3, 0.4) is 0 Å². The van der Waals surface area contributed by atoms with Gasteiger partial charge in [0.1, 0.15) is 18.5 Å². The highest BCUT2D eigenvalue weighted by Crippen LogP contribution is 2.44. The van der Waals surface area contributed by atoms with Crippen LogP contribution in [0.2, 0.25) is 0 Å². The lowest BCUT2D eigenvalue weighted by Crippen LogP contribution is -2.32. The second kappa shape index (κ2) is 7.01. The van der Waals surface area contributed by atoms with Gasteiger partial charge in [-0.1, -0.05) is 48.5 Å². The Morgan fingerprint density at radius 2 is 1.81 bits per heavy atom. The normalized spacial score (nSPS) is 13.7. The number of aromatic nitrogens is 2. The lowest BCUT2D eigenvalue weighted by Gasteiger charge is -2.17. The van der Waals surface area contributed by atoms with Gasteiger partial charge in [0.2, 0.25) is 0 Å². The molecule has 0 saturated heterocycles. The largest absolute Gasteiger partial charge is 0.449 e. The van der Waals surface area contributed by atoms with Crippen LogP contribution in [0.4, 0.5) is 4.79 Å². The van der Waals surface area contributed by atoms with E-state index in [2.05, 4.69) is 39.6 Å². The number of alkyl carbamates (subject to hydrolysis) is 1. The van der Waals surface area contributed by atoms with E-state index in [-0.39, 0.29) is 19.1 Å². The predicted molar refractivity (Wildman–Crippen MR) is 96.6 cm³/mol. The van der Waals surface area contributed by atoms with Gasteiger partial charge in [-0.3, -0.25) is 0 Å². The standard InChI is InChI=1S/C20H19N3O3/c24-11-18(19-21-9-10-22-19)23-20(25)26-12-17-15-7-3-1-5-13(15)14-6-2-4-8-16(14)17/h1-10,17-18,24H,11-12H2,(H,21,22)(H,23,25). The topological polar surface area (TPSA) is 87.2 Å². The fourth-order valence-corrected chi connectivity index (χ4v) is 3.45. The Bertz CT molecular complexity index is 863. The number of hydrogen-bond donors (Lipinski definition) is 3. The van der Waals surface area contributed by atoms with Gasteiger partial charge in [0.15, 0.2) is 0 Å². The van der Waals surface area contributed by atoms with Crippen LogP contribution in [0, 0.1) is 0 Å². The maximum atomic E-state index is 12.2. The van der Waals surface area contributed by atoms with E-state index in [0.29, 0.717) is 5.82 Å². The summed E-state index contributed by atoms with van der Waals surface area (Å²) in [4.78, 5) is 19.1. The van der Waals surface area contributed by atoms with E-state index in [0.717, 1.165) is 11.1 Å². The Labute approximate surface area is 150 Å². The summed E-state index contributed by atoms with van der Waals surface area (Å²) in [7, 11) is 0. The van der Waals surface area contributed by atoms with Gasteiger partial charge in [0, 0.05) is 18.3 Å².